The summed E-state index contributed by atoms with van der Waals surface area (Å²) in [6, 6.07) is 17.4. The first-order valence-electron chi connectivity index (χ1n) is 10.3. The monoisotopic (exact) mass is 435 g/mol. The van der Waals surface area contributed by atoms with Gasteiger partial charge in [-0.1, -0.05) is 41.9 Å². The molecule has 0 aromatic heterocycles. The number of hydrogen-bond acceptors (Lipinski definition) is 5. The fourth-order valence-electron chi connectivity index (χ4n) is 3.70. The zero-order chi connectivity index (χ0) is 22.1. The zero-order valence-corrected chi connectivity index (χ0v) is 18.1. The molecular formula is C24H26ClN5O. The lowest BCUT2D eigenvalue weighted by molar-refractivity contribution is 0.307. The third-order valence-corrected chi connectivity index (χ3v) is 5.34. The van der Waals surface area contributed by atoms with Crippen molar-refractivity contribution in [1.29, 1.82) is 5.26 Å². The van der Waals surface area contributed by atoms with Crippen LogP contribution in [0.25, 0.3) is 0 Å². The predicted molar refractivity (Wildman–Crippen MR) is 127 cm³/mol. The van der Waals surface area contributed by atoms with Crippen molar-refractivity contribution in [2.45, 2.75) is 31.6 Å². The van der Waals surface area contributed by atoms with Crippen molar-refractivity contribution in [1.82, 2.24) is 0 Å². The summed E-state index contributed by atoms with van der Waals surface area (Å²) in [5, 5.41) is 9.14. The first-order chi connectivity index (χ1) is 15.1. The Labute approximate surface area is 187 Å². The molecule has 0 saturated heterocycles. The Hall–Kier alpha value is -3.30. The second-order valence-corrected chi connectivity index (χ2v) is 7.48. The van der Waals surface area contributed by atoms with E-state index in [0.717, 1.165) is 37.0 Å². The molecular weight excluding hydrogens is 410 g/mol. The molecule has 1 aliphatic rings. The molecule has 0 radical (unpaired) electrons. The SMILES string of the molecule is N#Cc1ccc(N)cc1OCCCCN=C(N)C1=C(N=CCl)C(c2ccccc2)CC1. The molecule has 0 bridgehead atoms. The zero-order valence-electron chi connectivity index (χ0n) is 17.3. The molecule has 6 nitrogen and oxygen atoms in total. The molecule has 1 unspecified atom stereocenters. The van der Waals surface area contributed by atoms with Crippen LogP contribution in [-0.4, -0.2) is 24.7 Å². The number of amidine groups is 1. The Morgan fingerprint density at radius 2 is 2.03 bits per heavy atom. The van der Waals surface area contributed by atoms with Crippen LogP contribution < -0.4 is 16.2 Å². The van der Waals surface area contributed by atoms with Crippen LogP contribution >= 0.6 is 11.6 Å². The van der Waals surface area contributed by atoms with Crippen LogP contribution in [0.2, 0.25) is 0 Å². The van der Waals surface area contributed by atoms with Gasteiger partial charge in [0.05, 0.1) is 23.5 Å². The van der Waals surface area contributed by atoms with Crippen molar-refractivity contribution >= 4 is 28.8 Å². The summed E-state index contributed by atoms with van der Waals surface area (Å²) in [6.45, 7) is 1.07. The number of nitrogen functional groups attached to an aromatic ring is 1. The topological polar surface area (TPSA) is 110 Å². The number of halogens is 1. The molecule has 2 aromatic rings. The summed E-state index contributed by atoms with van der Waals surface area (Å²) in [4.78, 5) is 8.95. The van der Waals surface area contributed by atoms with Gasteiger partial charge in [0, 0.05) is 29.8 Å². The number of nitrogens with two attached hydrogens (primary N) is 2. The standard InChI is InChI=1S/C24H26ClN5O/c25-16-30-23-20(17-6-2-1-3-7-17)10-11-21(23)24(28)29-12-4-5-13-31-22-14-19(27)9-8-18(22)15-26/h1-3,6-9,14,16,20H,4-5,10-13,27H2,(H2,28,29). The number of rotatable bonds is 9. The second-order valence-electron chi connectivity index (χ2n) is 7.28. The van der Waals surface area contributed by atoms with Crippen LogP contribution in [0.4, 0.5) is 5.69 Å². The Kier molecular flexibility index (Phi) is 8.08. The molecule has 1 aliphatic carbocycles. The summed E-state index contributed by atoms with van der Waals surface area (Å²) in [6.07, 6.45) is 3.37. The lowest BCUT2D eigenvalue weighted by Crippen LogP contribution is -2.16. The largest absolute Gasteiger partial charge is 0.492 e. The first-order valence-corrected chi connectivity index (χ1v) is 10.7. The Bertz CT molecular complexity index is 1020. The molecule has 31 heavy (non-hydrogen) atoms. The van der Waals surface area contributed by atoms with Gasteiger partial charge in [-0.25, -0.2) is 4.99 Å². The van der Waals surface area contributed by atoms with Crippen molar-refractivity contribution in [2.24, 2.45) is 15.7 Å². The van der Waals surface area contributed by atoms with Gasteiger partial charge >= 0.3 is 0 Å². The number of allylic oxidation sites excluding steroid dienone is 1. The molecule has 1 atom stereocenters. The lowest BCUT2D eigenvalue weighted by Gasteiger charge is -2.12. The van der Waals surface area contributed by atoms with E-state index in [1.165, 1.54) is 11.2 Å². The van der Waals surface area contributed by atoms with Gasteiger partial charge in [-0.15, -0.1) is 0 Å². The number of nitrogens with zero attached hydrogens (tertiary/aromatic N) is 3. The minimum absolute atomic E-state index is 0.181. The van der Waals surface area contributed by atoms with Crippen LogP contribution in [0.3, 0.4) is 0 Å². The van der Waals surface area contributed by atoms with Gasteiger partial charge < -0.3 is 16.2 Å². The lowest BCUT2D eigenvalue weighted by atomic mass is 9.96. The van der Waals surface area contributed by atoms with Crippen molar-refractivity contribution < 1.29 is 4.74 Å². The molecule has 3 rings (SSSR count). The van der Waals surface area contributed by atoms with E-state index in [0.29, 0.717) is 36.0 Å². The van der Waals surface area contributed by atoms with Crippen molar-refractivity contribution in [3.05, 3.63) is 70.9 Å². The van der Waals surface area contributed by atoms with Crippen molar-refractivity contribution in [3.8, 4) is 11.8 Å². The molecule has 0 amide bonds. The van der Waals surface area contributed by atoms with Gasteiger partial charge in [-0.3, -0.25) is 4.99 Å². The van der Waals surface area contributed by atoms with E-state index in [4.69, 9.17) is 33.1 Å². The van der Waals surface area contributed by atoms with E-state index < -0.39 is 0 Å². The van der Waals surface area contributed by atoms with E-state index in [2.05, 4.69) is 28.2 Å². The molecule has 0 aliphatic heterocycles. The van der Waals surface area contributed by atoms with Gasteiger partial charge in [0.2, 0.25) is 0 Å². The van der Waals surface area contributed by atoms with Crippen LogP contribution in [-0.2, 0) is 0 Å². The number of aliphatic imine (C=N–C) groups is 2. The van der Waals surface area contributed by atoms with Gasteiger partial charge in [0.1, 0.15) is 17.7 Å². The number of unbranched alkanes of at least 4 members (excludes halogenated alkanes) is 1. The summed E-state index contributed by atoms with van der Waals surface area (Å²) in [5.74, 6) is 1.22. The average molecular weight is 436 g/mol. The summed E-state index contributed by atoms with van der Waals surface area (Å²) < 4.78 is 5.70. The quantitative estimate of drug-likeness (QED) is 0.256. The van der Waals surface area contributed by atoms with Crippen LogP contribution in [0.5, 0.6) is 5.75 Å². The van der Waals surface area contributed by atoms with E-state index in [1.807, 2.05) is 18.2 Å². The molecule has 4 N–H and O–H groups in total. The van der Waals surface area contributed by atoms with Gasteiger partial charge in [-0.05, 0) is 43.4 Å². The normalized spacial score (nSPS) is 16.6. The molecule has 7 heteroatoms. The fraction of sp³-hybridized carbons (Fsp3) is 0.292. The van der Waals surface area contributed by atoms with Gasteiger partial charge in [-0.2, -0.15) is 5.26 Å². The molecule has 0 fully saturated rings. The Morgan fingerprint density at radius 3 is 2.77 bits per heavy atom. The average Bonchev–Trinajstić information content (AvgIpc) is 3.21. The van der Waals surface area contributed by atoms with E-state index >= 15 is 0 Å². The third kappa shape index (κ3) is 5.87. The van der Waals surface area contributed by atoms with E-state index in [-0.39, 0.29) is 5.92 Å². The maximum Gasteiger partial charge on any atom is 0.139 e. The highest BCUT2D eigenvalue weighted by molar-refractivity contribution is 6.56. The molecule has 160 valence electrons. The second kappa shape index (κ2) is 11.2. The maximum absolute atomic E-state index is 9.14. The number of nitriles is 1. The van der Waals surface area contributed by atoms with Gasteiger partial charge in [0.15, 0.2) is 0 Å². The minimum atomic E-state index is 0.181. The highest BCUT2D eigenvalue weighted by atomic mass is 35.5. The predicted octanol–water partition coefficient (Wildman–Crippen LogP) is 4.76. The van der Waals surface area contributed by atoms with Gasteiger partial charge in [0.25, 0.3) is 0 Å². The third-order valence-electron chi connectivity index (χ3n) is 5.24. The van der Waals surface area contributed by atoms with Crippen LogP contribution in [0.15, 0.2) is 69.8 Å². The molecule has 0 saturated carbocycles. The summed E-state index contributed by atoms with van der Waals surface area (Å²) in [5.41, 5.74) is 17.5. The van der Waals surface area contributed by atoms with Crippen LogP contribution in [0.1, 0.15) is 42.7 Å². The maximum atomic E-state index is 9.14. The Balaban J connectivity index is 1.56. The number of anilines is 1. The van der Waals surface area contributed by atoms with Crippen LogP contribution in [0, 0.1) is 11.3 Å². The molecule has 0 spiro atoms. The number of hydrogen-bond donors (Lipinski definition) is 2. The van der Waals surface area contributed by atoms with E-state index in [9.17, 15) is 0 Å². The number of ether oxygens (including phenoxy) is 1. The Morgan fingerprint density at radius 1 is 1.23 bits per heavy atom. The molecule has 0 heterocycles. The van der Waals surface area contributed by atoms with Crippen molar-refractivity contribution in [2.75, 3.05) is 18.9 Å². The smallest absolute Gasteiger partial charge is 0.139 e. The van der Waals surface area contributed by atoms with Crippen molar-refractivity contribution in [3.63, 3.8) is 0 Å². The fourth-order valence-corrected chi connectivity index (χ4v) is 3.80. The highest BCUT2D eigenvalue weighted by Crippen LogP contribution is 2.40. The number of benzene rings is 2. The first kappa shape index (κ1) is 22.4. The minimum Gasteiger partial charge on any atom is -0.492 e. The summed E-state index contributed by atoms with van der Waals surface area (Å²) >= 11 is 5.80. The van der Waals surface area contributed by atoms with E-state index in [1.54, 1.807) is 18.2 Å². The summed E-state index contributed by atoms with van der Waals surface area (Å²) in [7, 11) is 0. The molecule has 2 aromatic carbocycles. The highest BCUT2D eigenvalue weighted by Gasteiger charge is 2.28.